The smallest absolute Gasteiger partial charge is 0.251 e. The second-order valence-corrected chi connectivity index (χ2v) is 6.45. The predicted molar refractivity (Wildman–Crippen MR) is 100 cm³/mol. The Morgan fingerprint density at radius 3 is 2.54 bits per heavy atom. The average Bonchev–Trinajstić information content (AvgIpc) is 3.19. The van der Waals surface area contributed by atoms with Crippen LogP contribution in [-0.2, 0) is 6.61 Å². The molecule has 0 unspecified atom stereocenters. The summed E-state index contributed by atoms with van der Waals surface area (Å²) in [6, 6.07) is 13.2. The monoisotopic (exact) mass is 355 g/mol. The first-order valence-corrected chi connectivity index (χ1v) is 8.94. The van der Waals surface area contributed by atoms with Crippen LogP contribution in [0.1, 0.15) is 41.6 Å². The summed E-state index contributed by atoms with van der Waals surface area (Å²) in [5.74, 6) is 2.10. The van der Waals surface area contributed by atoms with Crippen LogP contribution in [0, 0.1) is 0 Å². The molecule has 0 radical (unpaired) electrons. The molecule has 5 heteroatoms. The molecule has 1 aliphatic carbocycles. The van der Waals surface area contributed by atoms with Crippen molar-refractivity contribution in [1.82, 2.24) is 5.32 Å². The first-order valence-electron chi connectivity index (χ1n) is 8.94. The molecule has 0 bridgehead atoms. The highest BCUT2D eigenvalue weighted by Gasteiger charge is 2.18. The third-order valence-corrected chi connectivity index (χ3v) is 4.67. The molecule has 0 saturated heterocycles. The number of benzene rings is 2. The highest BCUT2D eigenvalue weighted by atomic mass is 16.5. The van der Waals surface area contributed by atoms with Gasteiger partial charge >= 0.3 is 0 Å². The molecule has 0 aromatic heterocycles. The molecule has 2 aromatic carbocycles. The van der Waals surface area contributed by atoms with Crippen LogP contribution in [0.15, 0.2) is 42.5 Å². The van der Waals surface area contributed by atoms with Gasteiger partial charge in [-0.3, -0.25) is 4.79 Å². The molecule has 0 heterocycles. The summed E-state index contributed by atoms with van der Waals surface area (Å²) in [6.07, 6.45) is 4.50. The number of hydrogen-bond acceptors (Lipinski definition) is 4. The number of amides is 1. The van der Waals surface area contributed by atoms with Gasteiger partial charge in [0.25, 0.3) is 5.91 Å². The molecular weight excluding hydrogens is 330 g/mol. The van der Waals surface area contributed by atoms with Crippen molar-refractivity contribution in [3.8, 4) is 17.2 Å². The van der Waals surface area contributed by atoms with Gasteiger partial charge in [0.05, 0.1) is 14.2 Å². The number of rotatable bonds is 7. The first-order chi connectivity index (χ1) is 12.7. The summed E-state index contributed by atoms with van der Waals surface area (Å²) >= 11 is 0. The second kappa shape index (κ2) is 8.61. The zero-order valence-electron chi connectivity index (χ0n) is 15.3. The number of ether oxygens (including phenoxy) is 3. The summed E-state index contributed by atoms with van der Waals surface area (Å²) in [5, 5.41) is 3.11. The minimum absolute atomic E-state index is 0.0396. The molecule has 0 spiro atoms. The molecule has 2 aromatic rings. The van der Waals surface area contributed by atoms with E-state index in [2.05, 4.69) is 5.32 Å². The van der Waals surface area contributed by atoms with Gasteiger partial charge in [0.1, 0.15) is 23.9 Å². The summed E-state index contributed by atoms with van der Waals surface area (Å²) in [6.45, 7) is 0.306. The third-order valence-electron chi connectivity index (χ3n) is 4.67. The zero-order valence-corrected chi connectivity index (χ0v) is 15.3. The highest BCUT2D eigenvalue weighted by molar-refractivity contribution is 5.94. The van der Waals surface area contributed by atoms with Gasteiger partial charge in [-0.05, 0) is 43.2 Å². The van der Waals surface area contributed by atoms with Crippen LogP contribution in [0.2, 0.25) is 0 Å². The standard InChI is InChI=1S/C21H25NO4/c1-24-18-8-5-9-19(13-18)26-14-16-12-15(10-11-20(16)25-2)21(23)22-17-6-3-4-7-17/h5,8-13,17H,3-4,6-7,14H2,1-2H3,(H,22,23). The molecule has 138 valence electrons. The molecule has 1 N–H and O–H groups in total. The Labute approximate surface area is 154 Å². The quantitative estimate of drug-likeness (QED) is 0.817. The Morgan fingerprint density at radius 2 is 1.81 bits per heavy atom. The van der Waals surface area contributed by atoms with Crippen LogP contribution in [0.4, 0.5) is 0 Å². The second-order valence-electron chi connectivity index (χ2n) is 6.45. The highest BCUT2D eigenvalue weighted by Crippen LogP contribution is 2.25. The summed E-state index contributed by atoms with van der Waals surface area (Å²) in [7, 11) is 3.23. The number of carbonyl (C=O) groups is 1. The van der Waals surface area contributed by atoms with Crippen molar-refractivity contribution < 1.29 is 19.0 Å². The maximum Gasteiger partial charge on any atom is 0.251 e. The Balaban J connectivity index is 1.71. The lowest BCUT2D eigenvalue weighted by Crippen LogP contribution is -2.32. The van der Waals surface area contributed by atoms with Crippen molar-refractivity contribution in [3.63, 3.8) is 0 Å². The van der Waals surface area contributed by atoms with E-state index in [1.54, 1.807) is 20.3 Å². The van der Waals surface area contributed by atoms with E-state index in [-0.39, 0.29) is 5.91 Å². The Kier molecular flexibility index (Phi) is 6.00. The van der Waals surface area contributed by atoms with E-state index in [0.29, 0.717) is 29.7 Å². The number of carbonyl (C=O) groups excluding carboxylic acids is 1. The van der Waals surface area contributed by atoms with Gasteiger partial charge in [-0.25, -0.2) is 0 Å². The predicted octanol–water partition coefficient (Wildman–Crippen LogP) is 3.96. The lowest BCUT2D eigenvalue weighted by Gasteiger charge is -2.15. The molecule has 26 heavy (non-hydrogen) atoms. The van der Waals surface area contributed by atoms with E-state index in [1.165, 1.54) is 12.8 Å². The molecule has 1 amide bonds. The van der Waals surface area contributed by atoms with Crippen molar-refractivity contribution in [1.29, 1.82) is 0 Å². The topological polar surface area (TPSA) is 56.8 Å². The van der Waals surface area contributed by atoms with E-state index in [1.807, 2.05) is 36.4 Å². The lowest BCUT2D eigenvalue weighted by atomic mass is 10.1. The van der Waals surface area contributed by atoms with Crippen LogP contribution in [-0.4, -0.2) is 26.2 Å². The van der Waals surface area contributed by atoms with Crippen LogP contribution in [0.5, 0.6) is 17.2 Å². The fourth-order valence-corrected chi connectivity index (χ4v) is 3.22. The van der Waals surface area contributed by atoms with E-state index in [4.69, 9.17) is 14.2 Å². The van der Waals surface area contributed by atoms with E-state index in [0.717, 1.165) is 24.2 Å². The van der Waals surface area contributed by atoms with E-state index >= 15 is 0 Å². The molecule has 1 aliphatic rings. The SMILES string of the molecule is COc1cccc(OCc2cc(C(=O)NC3CCCC3)ccc2OC)c1. The van der Waals surface area contributed by atoms with Crippen molar-refractivity contribution in [2.24, 2.45) is 0 Å². The minimum Gasteiger partial charge on any atom is -0.497 e. The van der Waals surface area contributed by atoms with E-state index in [9.17, 15) is 4.79 Å². The molecule has 3 rings (SSSR count). The molecule has 1 saturated carbocycles. The van der Waals surface area contributed by atoms with Gasteiger partial charge in [0.2, 0.25) is 0 Å². The lowest BCUT2D eigenvalue weighted by molar-refractivity contribution is 0.0937. The number of nitrogens with one attached hydrogen (secondary N) is 1. The summed E-state index contributed by atoms with van der Waals surface area (Å²) < 4.78 is 16.5. The Hall–Kier alpha value is -2.69. The van der Waals surface area contributed by atoms with Gasteiger partial charge in [-0.1, -0.05) is 18.9 Å². The summed E-state index contributed by atoms with van der Waals surface area (Å²) in [4.78, 5) is 12.5. The van der Waals surface area contributed by atoms with Gasteiger partial charge in [0.15, 0.2) is 0 Å². The third kappa shape index (κ3) is 4.48. The number of hydrogen-bond donors (Lipinski definition) is 1. The van der Waals surface area contributed by atoms with Crippen LogP contribution >= 0.6 is 0 Å². The fourth-order valence-electron chi connectivity index (χ4n) is 3.22. The summed E-state index contributed by atoms with van der Waals surface area (Å²) in [5.41, 5.74) is 1.45. The van der Waals surface area contributed by atoms with Crippen LogP contribution < -0.4 is 19.5 Å². The van der Waals surface area contributed by atoms with Crippen LogP contribution in [0.25, 0.3) is 0 Å². The molecule has 0 atom stereocenters. The maximum absolute atomic E-state index is 12.5. The normalized spacial score (nSPS) is 14.1. The zero-order chi connectivity index (χ0) is 18.4. The van der Waals surface area contributed by atoms with Crippen molar-refractivity contribution in [2.45, 2.75) is 38.3 Å². The minimum atomic E-state index is -0.0396. The number of methoxy groups -OCH3 is 2. The largest absolute Gasteiger partial charge is 0.497 e. The van der Waals surface area contributed by atoms with Gasteiger partial charge in [-0.15, -0.1) is 0 Å². The van der Waals surface area contributed by atoms with Crippen molar-refractivity contribution in [3.05, 3.63) is 53.6 Å². The molecule has 0 aliphatic heterocycles. The molecule has 5 nitrogen and oxygen atoms in total. The van der Waals surface area contributed by atoms with Crippen molar-refractivity contribution >= 4 is 5.91 Å². The van der Waals surface area contributed by atoms with E-state index < -0.39 is 0 Å². The fraction of sp³-hybridized carbons (Fsp3) is 0.381. The molecule has 1 fully saturated rings. The maximum atomic E-state index is 12.5. The van der Waals surface area contributed by atoms with Crippen molar-refractivity contribution in [2.75, 3.05) is 14.2 Å². The Morgan fingerprint density at radius 1 is 1.04 bits per heavy atom. The first kappa shape index (κ1) is 18.1. The van der Waals surface area contributed by atoms with Gasteiger partial charge < -0.3 is 19.5 Å². The Bertz CT molecular complexity index is 753. The van der Waals surface area contributed by atoms with Gasteiger partial charge in [0, 0.05) is 23.2 Å². The van der Waals surface area contributed by atoms with Crippen LogP contribution in [0.3, 0.4) is 0 Å². The average molecular weight is 355 g/mol. The van der Waals surface area contributed by atoms with Gasteiger partial charge in [-0.2, -0.15) is 0 Å². The molecular formula is C21H25NO4.